The van der Waals surface area contributed by atoms with Gasteiger partial charge in [0.05, 0.1) is 0 Å². The van der Waals surface area contributed by atoms with Gasteiger partial charge in [-0.2, -0.15) is 0 Å². The first-order valence-corrected chi connectivity index (χ1v) is 8.33. The molecule has 2 aromatic carbocycles. The Balaban J connectivity index is 2.20. The number of hydrogen-bond acceptors (Lipinski definition) is 3. The molecule has 26 heavy (non-hydrogen) atoms. The minimum absolute atomic E-state index is 0.0333. The lowest BCUT2D eigenvalue weighted by atomic mass is 9.90. The molecular weight excluding hydrogens is 337 g/mol. The zero-order chi connectivity index (χ0) is 19.2. The Bertz CT molecular complexity index is 765. The average Bonchev–Trinajstić information content (AvgIpc) is 2.63. The number of amides is 1. The molecule has 0 saturated carbocycles. The second-order valence-electron chi connectivity index (χ2n) is 6.13. The van der Waals surface area contributed by atoms with Crippen molar-refractivity contribution in [1.29, 1.82) is 0 Å². The van der Waals surface area contributed by atoms with Crippen molar-refractivity contribution in [2.75, 3.05) is 6.54 Å². The summed E-state index contributed by atoms with van der Waals surface area (Å²) >= 11 is 0. The van der Waals surface area contributed by atoms with Crippen molar-refractivity contribution >= 4 is 12.1 Å². The third-order valence-electron chi connectivity index (χ3n) is 4.29. The zero-order valence-electron chi connectivity index (χ0n) is 14.8. The van der Waals surface area contributed by atoms with E-state index in [1.807, 2.05) is 18.2 Å². The van der Waals surface area contributed by atoms with Crippen LogP contribution in [0.5, 0.6) is 0 Å². The van der Waals surface area contributed by atoms with Crippen molar-refractivity contribution in [3.63, 3.8) is 0 Å². The summed E-state index contributed by atoms with van der Waals surface area (Å²) < 4.78 is 19.3. The molecule has 0 aliphatic rings. The minimum atomic E-state index is -1.63. The summed E-state index contributed by atoms with van der Waals surface area (Å²) in [7, 11) is 0. The van der Waals surface area contributed by atoms with Gasteiger partial charge in [-0.05, 0) is 31.0 Å². The van der Waals surface area contributed by atoms with Gasteiger partial charge in [0.1, 0.15) is 18.0 Å². The van der Waals surface area contributed by atoms with E-state index < -0.39 is 23.4 Å². The van der Waals surface area contributed by atoms with Gasteiger partial charge >= 0.3 is 12.1 Å². The van der Waals surface area contributed by atoms with Crippen molar-refractivity contribution in [1.82, 2.24) is 4.90 Å². The van der Waals surface area contributed by atoms with Crippen LogP contribution in [0.1, 0.15) is 25.0 Å². The van der Waals surface area contributed by atoms with E-state index in [0.717, 1.165) is 10.5 Å². The summed E-state index contributed by atoms with van der Waals surface area (Å²) in [6.45, 7) is 3.21. The van der Waals surface area contributed by atoms with Gasteiger partial charge in [-0.15, -0.1) is 0 Å². The maximum Gasteiger partial charge on any atom is 0.411 e. The number of carbonyl (C=O) groups is 2. The van der Waals surface area contributed by atoms with Crippen LogP contribution in [-0.4, -0.2) is 34.2 Å². The van der Waals surface area contributed by atoms with Crippen molar-refractivity contribution in [2.45, 2.75) is 32.4 Å². The molecule has 0 saturated heterocycles. The van der Waals surface area contributed by atoms with Crippen LogP contribution < -0.4 is 0 Å². The van der Waals surface area contributed by atoms with Crippen LogP contribution >= 0.6 is 0 Å². The second kappa shape index (κ2) is 8.47. The van der Waals surface area contributed by atoms with Gasteiger partial charge in [-0.1, -0.05) is 48.5 Å². The molecule has 1 N–H and O–H groups in total. The van der Waals surface area contributed by atoms with Gasteiger partial charge in [0.25, 0.3) is 0 Å². The Morgan fingerprint density at radius 3 is 2.31 bits per heavy atom. The SMILES string of the molecule is CCN(C(=O)OCc1ccccc1)C(C)(Cc1ccccc1F)C(=O)O. The van der Waals surface area contributed by atoms with Crippen molar-refractivity contribution in [3.8, 4) is 0 Å². The average molecular weight is 359 g/mol. The van der Waals surface area contributed by atoms with Crippen LogP contribution in [0.2, 0.25) is 0 Å². The maximum atomic E-state index is 14.0. The van der Waals surface area contributed by atoms with E-state index in [9.17, 15) is 19.1 Å². The fraction of sp³-hybridized carbons (Fsp3) is 0.300. The number of carbonyl (C=O) groups excluding carboxylic acids is 1. The number of likely N-dealkylation sites (N-methyl/N-ethyl adjacent to an activating group) is 1. The number of benzene rings is 2. The summed E-state index contributed by atoms with van der Waals surface area (Å²) in [6.07, 6.45) is -0.916. The van der Waals surface area contributed by atoms with Crippen LogP contribution in [0, 0.1) is 5.82 Å². The van der Waals surface area contributed by atoms with Gasteiger partial charge in [0.2, 0.25) is 0 Å². The second-order valence-corrected chi connectivity index (χ2v) is 6.13. The van der Waals surface area contributed by atoms with Crippen molar-refractivity contribution in [3.05, 3.63) is 71.5 Å². The summed E-state index contributed by atoms with van der Waals surface area (Å²) in [5.74, 6) is -1.73. The molecule has 0 aliphatic carbocycles. The number of carboxylic acid groups (broad SMARTS) is 1. The van der Waals surface area contributed by atoms with E-state index in [2.05, 4.69) is 0 Å². The first-order valence-electron chi connectivity index (χ1n) is 8.33. The predicted molar refractivity (Wildman–Crippen MR) is 95.2 cm³/mol. The molecule has 2 aromatic rings. The molecule has 1 unspecified atom stereocenters. The largest absolute Gasteiger partial charge is 0.479 e. The Morgan fingerprint density at radius 2 is 1.73 bits per heavy atom. The van der Waals surface area contributed by atoms with Gasteiger partial charge in [-0.3, -0.25) is 4.90 Å². The van der Waals surface area contributed by atoms with E-state index in [1.165, 1.54) is 25.1 Å². The monoisotopic (exact) mass is 359 g/mol. The Morgan fingerprint density at radius 1 is 1.12 bits per heavy atom. The van der Waals surface area contributed by atoms with E-state index in [0.29, 0.717) is 0 Å². The fourth-order valence-corrected chi connectivity index (χ4v) is 2.78. The van der Waals surface area contributed by atoms with Crippen LogP contribution in [0.25, 0.3) is 0 Å². The van der Waals surface area contributed by atoms with Crippen LogP contribution in [0.15, 0.2) is 54.6 Å². The van der Waals surface area contributed by atoms with Crippen LogP contribution in [0.3, 0.4) is 0 Å². The number of ether oxygens (including phenoxy) is 1. The molecule has 0 radical (unpaired) electrons. The van der Waals surface area contributed by atoms with Gasteiger partial charge in [0, 0.05) is 13.0 Å². The number of nitrogens with zero attached hydrogens (tertiary/aromatic N) is 1. The normalized spacial score (nSPS) is 12.9. The predicted octanol–water partition coefficient (Wildman–Crippen LogP) is 3.87. The molecule has 6 heteroatoms. The van der Waals surface area contributed by atoms with Crippen LogP contribution in [-0.2, 0) is 22.6 Å². The molecule has 5 nitrogen and oxygen atoms in total. The molecule has 1 amide bonds. The lowest BCUT2D eigenvalue weighted by Crippen LogP contribution is -2.56. The molecule has 0 bridgehead atoms. The molecule has 2 rings (SSSR count). The summed E-state index contributed by atoms with van der Waals surface area (Å²) in [5.41, 5.74) is -0.611. The maximum absolute atomic E-state index is 14.0. The molecule has 0 heterocycles. The van der Waals surface area contributed by atoms with Crippen molar-refractivity contribution < 1.29 is 23.8 Å². The smallest absolute Gasteiger partial charge is 0.411 e. The third-order valence-corrected chi connectivity index (χ3v) is 4.29. The highest BCUT2D eigenvalue weighted by Gasteiger charge is 2.43. The Labute approximate surface area is 152 Å². The molecule has 0 aliphatic heterocycles. The standard InChI is InChI=1S/C20H22FNO4/c1-3-22(19(25)26-14-15-9-5-4-6-10-15)20(2,18(23)24)13-16-11-7-8-12-17(16)21/h4-12H,3,13-14H2,1-2H3,(H,23,24). The fourth-order valence-electron chi connectivity index (χ4n) is 2.78. The molecule has 0 spiro atoms. The van der Waals surface area contributed by atoms with Gasteiger partial charge < -0.3 is 9.84 Å². The van der Waals surface area contributed by atoms with Crippen LogP contribution in [0.4, 0.5) is 9.18 Å². The molecule has 0 fully saturated rings. The zero-order valence-corrected chi connectivity index (χ0v) is 14.8. The topological polar surface area (TPSA) is 66.8 Å². The summed E-state index contributed by atoms with van der Waals surface area (Å²) in [6, 6.07) is 15.0. The first kappa shape index (κ1) is 19.4. The van der Waals surface area contributed by atoms with E-state index in [1.54, 1.807) is 25.1 Å². The highest BCUT2D eigenvalue weighted by atomic mass is 19.1. The molecule has 0 aromatic heterocycles. The highest BCUT2D eigenvalue weighted by molar-refractivity contribution is 5.84. The number of carboxylic acids is 1. The Kier molecular flexibility index (Phi) is 6.33. The quantitative estimate of drug-likeness (QED) is 0.815. The first-order chi connectivity index (χ1) is 12.4. The highest BCUT2D eigenvalue weighted by Crippen LogP contribution is 2.24. The lowest BCUT2D eigenvalue weighted by molar-refractivity contribution is -0.149. The third kappa shape index (κ3) is 4.39. The number of hydrogen-bond donors (Lipinski definition) is 1. The van der Waals surface area contributed by atoms with E-state index in [-0.39, 0.29) is 25.1 Å². The number of aliphatic carboxylic acids is 1. The molecule has 138 valence electrons. The van der Waals surface area contributed by atoms with E-state index in [4.69, 9.17) is 4.74 Å². The number of rotatable bonds is 7. The minimum Gasteiger partial charge on any atom is -0.479 e. The van der Waals surface area contributed by atoms with Gasteiger partial charge in [0.15, 0.2) is 0 Å². The van der Waals surface area contributed by atoms with Gasteiger partial charge in [-0.25, -0.2) is 14.0 Å². The molecule has 1 atom stereocenters. The lowest BCUT2D eigenvalue weighted by Gasteiger charge is -2.36. The number of halogens is 1. The van der Waals surface area contributed by atoms with Crippen molar-refractivity contribution in [2.24, 2.45) is 0 Å². The Hall–Kier alpha value is -2.89. The summed E-state index contributed by atoms with van der Waals surface area (Å²) in [4.78, 5) is 25.6. The molecular formula is C20H22FNO4. The van der Waals surface area contributed by atoms with E-state index >= 15 is 0 Å². The summed E-state index contributed by atoms with van der Waals surface area (Å²) in [5, 5.41) is 9.75.